The molecule has 0 saturated heterocycles. The third kappa shape index (κ3) is 3.28. The summed E-state index contributed by atoms with van der Waals surface area (Å²) in [5.41, 5.74) is 0.0478. The number of carboxylic acid groups (broad SMARTS) is 1. The van der Waals surface area contributed by atoms with Crippen molar-refractivity contribution in [2.45, 2.75) is 18.9 Å². The molecule has 84 valence electrons. The molecule has 2 N–H and O–H groups in total. The molecular formula is C10H14O4S. The van der Waals surface area contributed by atoms with E-state index in [1.807, 2.05) is 6.26 Å². The van der Waals surface area contributed by atoms with Crippen LogP contribution in [0.1, 0.15) is 35.1 Å². The summed E-state index contributed by atoms with van der Waals surface area (Å²) < 4.78 is 4.98. The van der Waals surface area contributed by atoms with Gasteiger partial charge in [0.1, 0.15) is 17.4 Å². The van der Waals surface area contributed by atoms with Gasteiger partial charge in [-0.1, -0.05) is 0 Å². The predicted molar refractivity (Wildman–Crippen MR) is 58.2 cm³/mol. The molecule has 1 aromatic heterocycles. The van der Waals surface area contributed by atoms with Crippen molar-refractivity contribution < 1.29 is 19.4 Å². The summed E-state index contributed by atoms with van der Waals surface area (Å²) in [6, 6.07) is 1.36. The van der Waals surface area contributed by atoms with Crippen LogP contribution in [0.5, 0.6) is 0 Å². The minimum Gasteiger partial charge on any atom is -0.478 e. The highest BCUT2D eigenvalue weighted by Crippen LogP contribution is 2.23. The molecule has 0 radical (unpaired) electrons. The largest absolute Gasteiger partial charge is 0.478 e. The van der Waals surface area contributed by atoms with Crippen LogP contribution in [0.2, 0.25) is 0 Å². The number of carbonyl (C=O) groups is 1. The maximum Gasteiger partial charge on any atom is 0.339 e. The van der Waals surface area contributed by atoms with Gasteiger partial charge in [0.25, 0.3) is 0 Å². The Balaban J connectivity index is 2.60. The Morgan fingerprint density at radius 3 is 3.00 bits per heavy atom. The Kier molecular flexibility index (Phi) is 4.71. The summed E-state index contributed by atoms with van der Waals surface area (Å²) in [5, 5.41) is 18.5. The molecular weight excluding hydrogens is 216 g/mol. The summed E-state index contributed by atoms with van der Waals surface area (Å²) in [4.78, 5) is 10.7. The maximum absolute atomic E-state index is 10.7. The number of furan rings is 1. The van der Waals surface area contributed by atoms with Gasteiger partial charge in [0.05, 0.1) is 6.26 Å². The fourth-order valence-corrected chi connectivity index (χ4v) is 1.76. The SMILES string of the molecule is CSCCCC(O)c1occc1C(=O)O. The van der Waals surface area contributed by atoms with Crippen molar-refractivity contribution in [2.24, 2.45) is 0 Å². The molecule has 0 saturated carbocycles. The van der Waals surface area contributed by atoms with E-state index in [-0.39, 0.29) is 11.3 Å². The highest BCUT2D eigenvalue weighted by Gasteiger charge is 2.20. The van der Waals surface area contributed by atoms with Crippen LogP contribution in [0.4, 0.5) is 0 Å². The van der Waals surface area contributed by atoms with Gasteiger partial charge >= 0.3 is 5.97 Å². The smallest absolute Gasteiger partial charge is 0.339 e. The number of aliphatic hydroxyl groups excluding tert-OH is 1. The Morgan fingerprint density at radius 1 is 1.67 bits per heavy atom. The number of aromatic carboxylic acids is 1. The molecule has 1 aromatic rings. The minimum atomic E-state index is -1.07. The lowest BCUT2D eigenvalue weighted by atomic mass is 10.1. The van der Waals surface area contributed by atoms with Gasteiger partial charge in [-0.25, -0.2) is 4.79 Å². The first kappa shape index (κ1) is 12.1. The fraction of sp³-hybridized carbons (Fsp3) is 0.500. The molecule has 0 spiro atoms. The molecule has 4 nitrogen and oxygen atoms in total. The van der Waals surface area contributed by atoms with Gasteiger partial charge in [-0.15, -0.1) is 0 Å². The second kappa shape index (κ2) is 5.82. The van der Waals surface area contributed by atoms with E-state index in [0.29, 0.717) is 6.42 Å². The van der Waals surface area contributed by atoms with E-state index in [1.54, 1.807) is 11.8 Å². The van der Waals surface area contributed by atoms with Crippen LogP contribution in [0.15, 0.2) is 16.7 Å². The molecule has 0 aromatic carbocycles. The maximum atomic E-state index is 10.7. The molecule has 1 heterocycles. The second-order valence-corrected chi connectivity index (χ2v) is 4.14. The molecule has 1 unspecified atom stereocenters. The molecule has 0 amide bonds. The lowest BCUT2D eigenvalue weighted by Gasteiger charge is -2.07. The number of thioether (sulfide) groups is 1. The van der Waals surface area contributed by atoms with E-state index in [4.69, 9.17) is 9.52 Å². The van der Waals surface area contributed by atoms with Crippen LogP contribution in [0.25, 0.3) is 0 Å². The van der Waals surface area contributed by atoms with Crippen LogP contribution >= 0.6 is 11.8 Å². The first-order chi connectivity index (χ1) is 7.16. The Bertz CT molecular complexity index is 321. The van der Waals surface area contributed by atoms with Crippen LogP contribution in [-0.4, -0.2) is 28.2 Å². The van der Waals surface area contributed by atoms with E-state index in [1.165, 1.54) is 12.3 Å². The van der Waals surface area contributed by atoms with Gasteiger partial charge in [-0.3, -0.25) is 0 Å². The van der Waals surface area contributed by atoms with Crippen molar-refractivity contribution in [1.29, 1.82) is 0 Å². The number of hydrogen-bond donors (Lipinski definition) is 2. The molecule has 1 atom stereocenters. The van der Waals surface area contributed by atoms with Crippen LogP contribution in [0, 0.1) is 0 Å². The second-order valence-electron chi connectivity index (χ2n) is 3.15. The summed E-state index contributed by atoms with van der Waals surface area (Å²) in [5.74, 6) is 0.0338. The molecule has 0 aliphatic carbocycles. The van der Waals surface area contributed by atoms with Crippen molar-refractivity contribution in [3.63, 3.8) is 0 Å². The Hall–Kier alpha value is -0.940. The molecule has 15 heavy (non-hydrogen) atoms. The van der Waals surface area contributed by atoms with E-state index in [2.05, 4.69) is 0 Å². The first-order valence-electron chi connectivity index (χ1n) is 4.64. The standard InChI is InChI=1S/C10H14O4S/c1-15-6-2-3-8(11)9-7(10(12)13)4-5-14-9/h4-5,8,11H,2-3,6H2,1H3,(H,12,13). The molecule has 0 aliphatic heterocycles. The monoisotopic (exact) mass is 230 g/mol. The Morgan fingerprint density at radius 2 is 2.40 bits per heavy atom. The van der Waals surface area contributed by atoms with Gasteiger partial charge < -0.3 is 14.6 Å². The van der Waals surface area contributed by atoms with Crippen molar-refractivity contribution >= 4 is 17.7 Å². The zero-order valence-electron chi connectivity index (χ0n) is 8.47. The molecule has 5 heteroatoms. The van der Waals surface area contributed by atoms with Gasteiger partial charge in [0.2, 0.25) is 0 Å². The minimum absolute atomic E-state index is 0.0478. The van der Waals surface area contributed by atoms with Gasteiger partial charge in [0, 0.05) is 0 Å². The van der Waals surface area contributed by atoms with Crippen LogP contribution in [-0.2, 0) is 0 Å². The lowest BCUT2D eigenvalue weighted by molar-refractivity contribution is 0.0681. The normalized spacial score (nSPS) is 12.7. The van der Waals surface area contributed by atoms with E-state index < -0.39 is 12.1 Å². The average molecular weight is 230 g/mol. The summed E-state index contributed by atoms with van der Waals surface area (Å²) >= 11 is 1.69. The zero-order chi connectivity index (χ0) is 11.3. The lowest BCUT2D eigenvalue weighted by Crippen LogP contribution is -2.04. The zero-order valence-corrected chi connectivity index (χ0v) is 9.29. The molecule has 0 fully saturated rings. The number of rotatable bonds is 6. The van der Waals surface area contributed by atoms with Crippen molar-refractivity contribution in [1.82, 2.24) is 0 Å². The quantitative estimate of drug-likeness (QED) is 0.733. The third-order valence-electron chi connectivity index (χ3n) is 2.05. The van der Waals surface area contributed by atoms with Crippen molar-refractivity contribution in [2.75, 3.05) is 12.0 Å². The number of aliphatic hydroxyl groups is 1. The third-order valence-corrected chi connectivity index (χ3v) is 2.75. The highest BCUT2D eigenvalue weighted by molar-refractivity contribution is 7.98. The number of carboxylic acids is 1. The number of hydrogen-bond acceptors (Lipinski definition) is 4. The van der Waals surface area contributed by atoms with Crippen molar-refractivity contribution in [3.8, 4) is 0 Å². The highest BCUT2D eigenvalue weighted by atomic mass is 32.2. The summed E-state index contributed by atoms with van der Waals surface area (Å²) in [6.45, 7) is 0. The van der Waals surface area contributed by atoms with Crippen LogP contribution in [0.3, 0.4) is 0 Å². The van der Waals surface area contributed by atoms with Crippen molar-refractivity contribution in [3.05, 3.63) is 23.7 Å². The van der Waals surface area contributed by atoms with E-state index in [0.717, 1.165) is 12.2 Å². The van der Waals surface area contributed by atoms with Crippen LogP contribution < -0.4 is 0 Å². The molecule has 0 bridgehead atoms. The van der Waals surface area contributed by atoms with E-state index in [9.17, 15) is 9.90 Å². The average Bonchev–Trinajstić information content (AvgIpc) is 2.66. The first-order valence-corrected chi connectivity index (χ1v) is 6.04. The predicted octanol–water partition coefficient (Wildman–Crippen LogP) is 2.15. The van der Waals surface area contributed by atoms with Gasteiger partial charge in [0.15, 0.2) is 0 Å². The van der Waals surface area contributed by atoms with E-state index >= 15 is 0 Å². The topological polar surface area (TPSA) is 70.7 Å². The molecule has 0 aliphatic rings. The summed E-state index contributed by atoms with van der Waals surface area (Å²) in [6.07, 6.45) is 3.81. The van der Waals surface area contributed by atoms with Gasteiger partial charge in [-0.05, 0) is 30.9 Å². The summed E-state index contributed by atoms with van der Waals surface area (Å²) in [7, 11) is 0. The fourth-order valence-electron chi connectivity index (χ4n) is 1.31. The van der Waals surface area contributed by atoms with Gasteiger partial charge in [-0.2, -0.15) is 11.8 Å². The molecule has 1 rings (SSSR count). The Labute approximate surface area is 92.3 Å².